The third-order valence-corrected chi connectivity index (χ3v) is 1.62. The van der Waals surface area contributed by atoms with Crippen molar-refractivity contribution in [1.29, 1.82) is 0 Å². The first-order chi connectivity index (χ1) is 3.80. The van der Waals surface area contributed by atoms with E-state index in [1.165, 1.54) is 18.3 Å². The van der Waals surface area contributed by atoms with Crippen LogP contribution < -0.4 is 0 Å². The molecule has 0 saturated carbocycles. The van der Waals surface area contributed by atoms with Gasteiger partial charge in [0.15, 0.2) is 5.78 Å². The van der Waals surface area contributed by atoms with E-state index >= 15 is 0 Å². The van der Waals surface area contributed by atoms with Crippen molar-refractivity contribution >= 4 is 17.1 Å². The molecule has 1 aromatic heterocycles. The van der Waals surface area contributed by atoms with Crippen LogP contribution in [0.25, 0.3) is 0 Å². The number of hydrogen-bond donors (Lipinski definition) is 0. The van der Waals surface area contributed by atoms with Gasteiger partial charge >= 0.3 is 0 Å². The van der Waals surface area contributed by atoms with Gasteiger partial charge in [-0.15, -0.1) is 0 Å². The van der Waals surface area contributed by atoms with Gasteiger partial charge in [0.2, 0.25) is 0 Å². The zero-order valence-corrected chi connectivity index (χ0v) is 5.21. The smallest absolute Gasteiger partial charge is 0.171 e. The second-order valence-corrected chi connectivity index (χ2v) is 2.26. The maximum atomic E-state index is 10.5. The largest absolute Gasteiger partial charge is 0.294 e. The molecule has 0 aromatic carbocycles. The van der Waals surface area contributed by atoms with Gasteiger partial charge in [-0.2, -0.15) is 0 Å². The van der Waals surface area contributed by atoms with E-state index in [9.17, 15) is 4.79 Å². The van der Waals surface area contributed by atoms with Crippen molar-refractivity contribution in [2.45, 2.75) is 6.92 Å². The molecule has 1 nitrogen and oxygen atoms in total. The Kier molecular flexibility index (Phi) is 1.32. The van der Waals surface area contributed by atoms with Crippen molar-refractivity contribution in [3.8, 4) is 0 Å². The fourth-order valence-electron chi connectivity index (χ4n) is 0.382. The summed E-state index contributed by atoms with van der Waals surface area (Å²) in [7, 11) is 0. The highest BCUT2D eigenvalue weighted by Gasteiger charge is 1.95. The van der Waals surface area contributed by atoms with Gasteiger partial charge in [0.25, 0.3) is 0 Å². The summed E-state index contributed by atoms with van der Waals surface area (Å²) in [4.78, 5) is 11.2. The highest BCUT2D eigenvalue weighted by atomic mass is 32.1. The lowest BCUT2D eigenvalue weighted by Crippen LogP contribution is -1.83. The summed E-state index contributed by atoms with van der Waals surface area (Å²) in [5.74, 6) is 0.0903. The van der Waals surface area contributed by atoms with E-state index in [-0.39, 0.29) is 5.78 Å². The van der Waals surface area contributed by atoms with Gasteiger partial charge in [0.1, 0.15) is 0 Å². The summed E-state index contributed by atoms with van der Waals surface area (Å²) in [6.45, 7) is 1.54. The quantitative estimate of drug-likeness (QED) is 0.519. The SMILES string of the molecule is CC(=O)c1cc#cs1. The zero-order chi connectivity index (χ0) is 5.98. The fourth-order valence-corrected chi connectivity index (χ4v) is 0.872. The number of ketones is 1. The molecular weight excluding hydrogens is 120 g/mol. The monoisotopic (exact) mass is 124 g/mol. The number of Topliss-reactive ketones (excluding diaryl/α,β-unsaturated/α-hetero) is 1. The molecule has 0 aliphatic heterocycles. The Hall–Kier alpha value is -0.810. The van der Waals surface area contributed by atoms with Gasteiger partial charge in [0.05, 0.1) is 4.88 Å². The van der Waals surface area contributed by atoms with Crippen LogP contribution in [-0.4, -0.2) is 5.78 Å². The van der Waals surface area contributed by atoms with E-state index in [0.29, 0.717) is 0 Å². The molecular formula is C6H4OS. The second kappa shape index (κ2) is 1.97. The molecule has 0 aliphatic rings. The summed E-state index contributed by atoms with van der Waals surface area (Å²) >= 11 is 1.30. The first-order valence-electron chi connectivity index (χ1n) is 2.19. The normalized spacial score (nSPS) is 8.12. The molecule has 0 N–H and O–H groups in total. The van der Waals surface area contributed by atoms with Crippen molar-refractivity contribution in [2.75, 3.05) is 0 Å². The number of rotatable bonds is 1. The van der Waals surface area contributed by atoms with E-state index in [4.69, 9.17) is 0 Å². The predicted molar refractivity (Wildman–Crippen MR) is 32.0 cm³/mol. The molecule has 8 heavy (non-hydrogen) atoms. The molecule has 1 aromatic rings. The van der Waals surface area contributed by atoms with E-state index in [1.54, 1.807) is 6.07 Å². The van der Waals surface area contributed by atoms with Crippen LogP contribution in [0.5, 0.6) is 0 Å². The van der Waals surface area contributed by atoms with Gasteiger partial charge in [-0.3, -0.25) is 4.79 Å². The van der Waals surface area contributed by atoms with Crippen molar-refractivity contribution in [2.24, 2.45) is 0 Å². The average Bonchev–Trinajstić information content (AvgIpc) is 2.12. The average molecular weight is 124 g/mol. The summed E-state index contributed by atoms with van der Waals surface area (Å²) in [5.41, 5.74) is 0. The van der Waals surface area contributed by atoms with Gasteiger partial charge in [-0.1, -0.05) is 17.4 Å². The minimum absolute atomic E-state index is 0.0903. The maximum Gasteiger partial charge on any atom is 0.171 e. The van der Waals surface area contributed by atoms with Crippen LogP contribution in [0.1, 0.15) is 16.6 Å². The highest BCUT2D eigenvalue weighted by Crippen LogP contribution is 2.02. The lowest BCUT2D eigenvalue weighted by molar-refractivity contribution is 0.102. The number of carbonyl (C=O) groups excluding carboxylic acids is 1. The molecule has 1 heterocycles. The summed E-state index contributed by atoms with van der Waals surface area (Å²) in [6.07, 6.45) is 0. The molecule has 1 rings (SSSR count). The van der Waals surface area contributed by atoms with Crippen LogP contribution in [0, 0.1) is 11.4 Å². The van der Waals surface area contributed by atoms with Gasteiger partial charge in [0, 0.05) is 6.07 Å². The van der Waals surface area contributed by atoms with E-state index < -0.39 is 0 Å². The Balaban J connectivity index is 2.93. The molecule has 0 aliphatic carbocycles. The van der Waals surface area contributed by atoms with Crippen molar-refractivity contribution in [1.82, 2.24) is 0 Å². The zero-order valence-electron chi connectivity index (χ0n) is 4.39. The van der Waals surface area contributed by atoms with Crippen molar-refractivity contribution < 1.29 is 4.79 Å². The first-order valence-corrected chi connectivity index (χ1v) is 3.01. The highest BCUT2D eigenvalue weighted by molar-refractivity contribution is 7.11. The van der Waals surface area contributed by atoms with Crippen LogP contribution in [0.2, 0.25) is 0 Å². The van der Waals surface area contributed by atoms with Crippen LogP contribution in [0.15, 0.2) is 6.07 Å². The molecule has 0 bridgehead atoms. The van der Waals surface area contributed by atoms with Gasteiger partial charge < -0.3 is 0 Å². The summed E-state index contributed by atoms with van der Waals surface area (Å²) in [5, 5.41) is 2.71. The minimum Gasteiger partial charge on any atom is -0.294 e. The van der Waals surface area contributed by atoms with E-state index in [0.717, 1.165) is 4.88 Å². The molecule has 0 spiro atoms. The van der Waals surface area contributed by atoms with Crippen LogP contribution >= 0.6 is 11.3 Å². The second-order valence-electron chi connectivity index (χ2n) is 1.41. The van der Waals surface area contributed by atoms with Crippen molar-refractivity contribution in [3.63, 3.8) is 0 Å². The minimum atomic E-state index is 0.0903. The fraction of sp³-hybridized carbons (Fsp3) is 0.167. The Bertz CT molecular complexity index is 176. The maximum absolute atomic E-state index is 10.5. The molecule has 0 saturated heterocycles. The Morgan fingerprint density at radius 1 is 1.88 bits per heavy atom. The number of carbonyl (C=O) groups is 1. The van der Waals surface area contributed by atoms with Crippen molar-refractivity contribution in [3.05, 3.63) is 22.4 Å². The summed E-state index contributed by atoms with van der Waals surface area (Å²) in [6, 6.07) is 4.33. The molecule has 2 heteroatoms. The Morgan fingerprint density at radius 3 is 2.88 bits per heavy atom. The third kappa shape index (κ3) is 0.877. The molecule has 40 valence electrons. The Morgan fingerprint density at radius 2 is 2.62 bits per heavy atom. The van der Waals surface area contributed by atoms with Crippen LogP contribution in [-0.2, 0) is 0 Å². The molecule has 0 unspecified atom stereocenters. The first kappa shape index (κ1) is 5.33. The summed E-state index contributed by atoms with van der Waals surface area (Å²) < 4.78 is 0. The van der Waals surface area contributed by atoms with E-state index in [1.807, 2.05) is 0 Å². The predicted octanol–water partition coefficient (Wildman–Crippen LogP) is 1.55. The third-order valence-electron chi connectivity index (χ3n) is 0.770. The standard InChI is InChI=1S/C6H4OS/c1-5(7)6-3-2-4-8-6/h3H,1H3. The van der Waals surface area contributed by atoms with E-state index in [2.05, 4.69) is 11.4 Å². The molecule has 0 fully saturated rings. The lowest BCUT2D eigenvalue weighted by atomic mass is 10.4. The van der Waals surface area contributed by atoms with Crippen LogP contribution in [0.4, 0.5) is 0 Å². The van der Waals surface area contributed by atoms with Gasteiger partial charge in [-0.25, -0.2) is 0 Å². The topological polar surface area (TPSA) is 17.1 Å². The molecule has 0 atom stereocenters. The molecule has 0 radical (unpaired) electrons. The molecule has 0 amide bonds. The van der Waals surface area contributed by atoms with Gasteiger partial charge in [-0.05, 0) is 12.3 Å². The number of hydrogen-bond acceptors (Lipinski definition) is 2. The lowest BCUT2D eigenvalue weighted by Gasteiger charge is -1.78. The van der Waals surface area contributed by atoms with Crippen LogP contribution in [0.3, 0.4) is 0 Å². The Labute approximate surface area is 52.0 Å².